The van der Waals surface area contributed by atoms with Crippen LogP contribution >= 0.6 is 0 Å². The van der Waals surface area contributed by atoms with Crippen LogP contribution in [0.2, 0.25) is 0 Å². The lowest BCUT2D eigenvalue weighted by Gasteiger charge is -2.39. The summed E-state index contributed by atoms with van der Waals surface area (Å²) in [7, 11) is 0. The van der Waals surface area contributed by atoms with E-state index in [9.17, 15) is 25.2 Å². The molecule has 1 fully saturated rings. The lowest BCUT2D eigenvalue weighted by Crippen LogP contribution is -2.59. The number of ether oxygens (including phenoxy) is 4. The molecule has 6 unspecified atom stereocenters. The second kappa shape index (κ2) is 53.0. The second-order valence-corrected chi connectivity index (χ2v) is 19.7. The highest BCUT2D eigenvalue weighted by molar-refractivity contribution is 5.69. The number of carbonyl (C=O) groups is 1. The Morgan fingerprint density at radius 1 is 0.444 bits per heavy atom. The van der Waals surface area contributed by atoms with Crippen LogP contribution in [-0.2, 0) is 23.7 Å². The molecule has 0 aliphatic carbocycles. The molecular weight excluding hydrogens is 901 g/mol. The molecule has 0 aromatic heterocycles. The minimum atomic E-state index is -1.54. The Balaban J connectivity index is 2.15. The summed E-state index contributed by atoms with van der Waals surface area (Å²) in [6.45, 7) is 4.34. The van der Waals surface area contributed by atoms with Gasteiger partial charge in [0.25, 0.3) is 0 Å². The fraction of sp³-hybridized carbons (Fsp3) is 0.730. The number of allylic oxidation sites excluding steroid dienone is 16. The topological polar surface area (TPSA) is 135 Å². The van der Waals surface area contributed by atoms with Gasteiger partial charge in [-0.2, -0.15) is 0 Å². The van der Waals surface area contributed by atoms with Gasteiger partial charge < -0.3 is 39.4 Å². The Morgan fingerprint density at radius 2 is 0.806 bits per heavy atom. The first-order chi connectivity index (χ1) is 35.4. The van der Waals surface area contributed by atoms with Crippen LogP contribution in [0, 0.1) is 0 Å². The highest BCUT2D eigenvalue weighted by Gasteiger charge is 2.44. The molecule has 414 valence electrons. The predicted molar refractivity (Wildman–Crippen MR) is 302 cm³/mol. The van der Waals surface area contributed by atoms with E-state index in [1.54, 1.807) is 0 Å². The number of hydrogen-bond donors (Lipinski definition) is 4. The molecule has 1 aliphatic heterocycles. The predicted octanol–water partition coefficient (Wildman–Crippen LogP) is 15.5. The van der Waals surface area contributed by atoms with Gasteiger partial charge in [-0.1, -0.05) is 233 Å². The number of rotatable bonds is 50. The van der Waals surface area contributed by atoms with Crippen LogP contribution < -0.4 is 0 Å². The maximum absolute atomic E-state index is 12.9. The fourth-order valence-electron chi connectivity index (χ4n) is 8.53. The van der Waals surface area contributed by atoms with Gasteiger partial charge in [-0.15, -0.1) is 0 Å². The lowest BCUT2D eigenvalue weighted by molar-refractivity contribution is -0.305. The molecule has 6 atom stereocenters. The molecule has 1 aliphatic rings. The average Bonchev–Trinajstić information content (AvgIpc) is 3.38. The van der Waals surface area contributed by atoms with Crippen molar-refractivity contribution in [3.05, 3.63) is 97.2 Å². The molecule has 9 nitrogen and oxygen atoms in total. The first-order valence-corrected chi connectivity index (χ1v) is 29.3. The molecule has 0 bridgehead atoms. The first kappa shape index (κ1) is 67.1. The molecule has 9 heteroatoms. The van der Waals surface area contributed by atoms with E-state index in [-0.39, 0.29) is 19.2 Å². The van der Waals surface area contributed by atoms with Crippen molar-refractivity contribution in [1.82, 2.24) is 0 Å². The van der Waals surface area contributed by atoms with Crippen molar-refractivity contribution in [3.8, 4) is 0 Å². The number of carbonyl (C=O) groups excluding carboxylic acids is 1. The summed E-state index contributed by atoms with van der Waals surface area (Å²) in [6.07, 6.45) is 67.4. The second-order valence-electron chi connectivity index (χ2n) is 19.7. The summed E-state index contributed by atoms with van der Waals surface area (Å²) in [5, 5.41) is 40.4. The monoisotopic (exact) mass is 1010 g/mol. The van der Waals surface area contributed by atoms with E-state index in [0.717, 1.165) is 89.9 Å². The number of hydrogen-bond acceptors (Lipinski definition) is 9. The van der Waals surface area contributed by atoms with E-state index < -0.39 is 43.4 Å². The molecule has 0 spiro atoms. The minimum Gasteiger partial charge on any atom is -0.457 e. The molecule has 0 amide bonds. The van der Waals surface area contributed by atoms with Crippen LogP contribution in [0.5, 0.6) is 0 Å². The summed E-state index contributed by atoms with van der Waals surface area (Å²) in [5.74, 6) is -0.320. The molecule has 4 N–H and O–H groups in total. The van der Waals surface area contributed by atoms with Crippen molar-refractivity contribution in [3.63, 3.8) is 0 Å². The maximum atomic E-state index is 12.9. The number of aliphatic hydroxyl groups excluding tert-OH is 4. The third-order valence-electron chi connectivity index (χ3n) is 13.0. The van der Waals surface area contributed by atoms with Gasteiger partial charge in [-0.05, 0) is 89.9 Å². The molecule has 0 radical (unpaired) electrons. The van der Waals surface area contributed by atoms with Crippen molar-refractivity contribution >= 4 is 5.97 Å². The molecular formula is C63H108O9. The van der Waals surface area contributed by atoms with Crippen LogP contribution in [0.1, 0.15) is 232 Å². The third kappa shape index (κ3) is 42.5. The van der Waals surface area contributed by atoms with Gasteiger partial charge in [0.15, 0.2) is 6.29 Å². The van der Waals surface area contributed by atoms with Gasteiger partial charge in [0, 0.05) is 13.0 Å². The Labute approximate surface area is 441 Å². The van der Waals surface area contributed by atoms with Crippen molar-refractivity contribution in [2.75, 3.05) is 26.4 Å². The van der Waals surface area contributed by atoms with Gasteiger partial charge in [0.2, 0.25) is 0 Å². The van der Waals surface area contributed by atoms with E-state index in [2.05, 4.69) is 111 Å². The van der Waals surface area contributed by atoms with Crippen molar-refractivity contribution in [2.24, 2.45) is 0 Å². The molecule has 0 aromatic carbocycles. The third-order valence-corrected chi connectivity index (χ3v) is 13.0. The number of unbranched alkanes of at least 4 members (excludes halogenated alkanes) is 23. The minimum absolute atomic E-state index is 0.119. The fourth-order valence-corrected chi connectivity index (χ4v) is 8.53. The molecule has 0 saturated carbocycles. The van der Waals surface area contributed by atoms with Crippen LogP contribution in [0.3, 0.4) is 0 Å². The van der Waals surface area contributed by atoms with Gasteiger partial charge >= 0.3 is 5.97 Å². The Hall–Kier alpha value is -2.89. The highest BCUT2D eigenvalue weighted by atomic mass is 16.7. The van der Waals surface area contributed by atoms with Crippen LogP contribution in [0.4, 0.5) is 0 Å². The molecule has 1 saturated heterocycles. The summed E-state index contributed by atoms with van der Waals surface area (Å²) in [5.41, 5.74) is 0. The van der Waals surface area contributed by atoms with E-state index in [1.807, 2.05) is 0 Å². The van der Waals surface area contributed by atoms with Gasteiger partial charge in [-0.3, -0.25) is 4.79 Å². The molecule has 1 rings (SSSR count). The van der Waals surface area contributed by atoms with Gasteiger partial charge in [0.1, 0.15) is 30.5 Å². The smallest absolute Gasteiger partial charge is 0.306 e. The Morgan fingerprint density at radius 3 is 1.21 bits per heavy atom. The number of esters is 1. The quantitative estimate of drug-likeness (QED) is 0.0267. The zero-order valence-electron chi connectivity index (χ0n) is 45.9. The highest BCUT2D eigenvalue weighted by Crippen LogP contribution is 2.23. The molecule has 1 heterocycles. The Kier molecular flexibility index (Phi) is 49.4. The maximum Gasteiger partial charge on any atom is 0.306 e. The van der Waals surface area contributed by atoms with Crippen LogP contribution in [0.15, 0.2) is 97.2 Å². The van der Waals surface area contributed by atoms with Crippen molar-refractivity contribution in [1.29, 1.82) is 0 Å². The Bertz CT molecular complexity index is 1430. The van der Waals surface area contributed by atoms with E-state index in [4.69, 9.17) is 18.9 Å². The van der Waals surface area contributed by atoms with Crippen LogP contribution in [0.25, 0.3) is 0 Å². The summed E-state index contributed by atoms with van der Waals surface area (Å²) in [6, 6.07) is 0. The molecule has 0 aromatic rings. The van der Waals surface area contributed by atoms with E-state index >= 15 is 0 Å². The molecule has 72 heavy (non-hydrogen) atoms. The normalized spacial score (nSPS) is 19.4. The average molecular weight is 1010 g/mol. The van der Waals surface area contributed by atoms with E-state index in [1.165, 1.54) is 122 Å². The van der Waals surface area contributed by atoms with Crippen molar-refractivity contribution in [2.45, 2.75) is 269 Å². The summed E-state index contributed by atoms with van der Waals surface area (Å²) >= 11 is 0. The zero-order valence-corrected chi connectivity index (χ0v) is 45.9. The first-order valence-electron chi connectivity index (χ1n) is 29.3. The lowest BCUT2D eigenvalue weighted by atomic mass is 9.99. The van der Waals surface area contributed by atoms with Crippen LogP contribution in [-0.4, -0.2) is 89.6 Å². The van der Waals surface area contributed by atoms with Gasteiger partial charge in [0.05, 0.1) is 19.8 Å². The standard InChI is InChI=1S/C63H108O9/c1-3-5-7-9-11-13-15-17-19-21-23-25-27-28-29-31-33-35-37-39-41-43-45-47-49-51-53-69-55-57(56-70-63-62(68)61(67)60(66)58(54-64)72-63)71-59(65)52-50-48-46-44-42-40-38-36-34-32-30-26-24-22-20-18-16-14-12-10-8-6-4-2/h5-8,11-14,17-20,23-26,57-58,60-64,66-68H,3-4,9-10,15-16,21-22,27-56H2,1-2H3/b7-5-,8-6-,13-11-,14-12-,19-17-,20-18-,25-23-,26-24-. The SMILES string of the molecule is CC/C=C\C/C=C\C/C=C\C/C=C\CCCCCCCCCCCCCCCOCC(COC1OC(CO)C(O)C(O)C1O)OC(=O)CCCCCCCCCCCC/C=C\C/C=C\C/C=C\C/C=C\CC. The van der Waals surface area contributed by atoms with E-state index in [0.29, 0.717) is 13.0 Å². The zero-order chi connectivity index (χ0) is 52.1. The van der Waals surface area contributed by atoms with Gasteiger partial charge in [-0.25, -0.2) is 0 Å². The van der Waals surface area contributed by atoms with Crippen molar-refractivity contribution < 1.29 is 44.2 Å². The summed E-state index contributed by atoms with van der Waals surface area (Å²) in [4.78, 5) is 12.9. The number of aliphatic hydroxyl groups is 4. The summed E-state index contributed by atoms with van der Waals surface area (Å²) < 4.78 is 23.0. The largest absolute Gasteiger partial charge is 0.457 e.